The van der Waals surface area contributed by atoms with Crippen LogP contribution in [0.3, 0.4) is 0 Å². The molecule has 2 aromatic rings. The number of nitrogens with two attached hydrogens (primary N) is 1. The Labute approximate surface area is 134 Å². The third-order valence-electron chi connectivity index (χ3n) is 4.05. The number of nitrogens with zero attached hydrogens (tertiary/aromatic N) is 2. The Hall–Kier alpha value is -2.76. The quantitative estimate of drug-likeness (QED) is 0.879. The van der Waals surface area contributed by atoms with Crippen LogP contribution in [-0.4, -0.2) is 40.7 Å². The molecule has 0 spiro atoms. The van der Waals surface area contributed by atoms with E-state index in [-0.39, 0.29) is 12.6 Å². The number of likely N-dealkylation sites (tertiary alicyclic amines) is 1. The smallest absolute Gasteiger partial charge is 0.338 e. The third-order valence-corrected chi connectivity index (χ3v) is 4.05. The molecule has 2 N–H and O–H groups in total. The molecule has 1 atom stereocenters. The Morgan fingerprint density at radius 2 is 2.00 bits per heavy atom. The van der Waals surface area contributed by atoms with Gasteiger partial charge in [0.15, 0.2) is 0 Å². The summed E-state index contributed by atoms with van der Waals surface area (Å²) in [5.41, 5.74) is 6.70. The van der Waals surface area contributed by atoms with Crippen LogP contribution in [0.2, 0.25) is 0 Å². The van der Waals surface area contributed by atoms with Crippen molar-refractivity contribution in [2.24, 2.45) is 5.73 Å². The lowest BCUT2D eigenvalue weighted by Gasteiger charge is -2.22. The summed E-state index contributed by atoms with van der Waals surface area (Å²) in [6.45, 7) is 0.802. The SMILES string of the molecule is NC(=O)N1CCC[C@@H]1COC(=O)c1cccc(-n2cccc2)c1. The van der Waals surface area contributed by atoms with Gasteiger partial charge in [0.25, 0.3) is 0 Å². The first kappa shape index (κ1) is 15.1. The maximum absolute atomic E-state index is 12.2. The molecule has 6 nitrogen and oxygen atoms in total. The zero-order valence-electron chi connectivity index (χ0n) is 12.7. The van der Waals surface area contributed by atoms with Gasteiger partial charge in [-0.3, -0.25) is 0 Å². The highest BCUT2D eigenvalue weighted by Crippen LogP contribution is 2.18. The number of hydrogen-bond acceptors (Lipinski definition) is 3. The Morgan fingerprint density at radius 3 is 2.74 bits per heavy atom. The lowest BCUT2D eigenvalue weighted by molar-refractivity contribution is 0.0422. The summed E-state index contributed by atoms with van der Waals surface area (Å²) in [5, 5.41) is 0. The Kier molecular flexibility index (Phi) is 4.32. The van der Waals surface area contributed by atoms with Gasteiger partial charge in [0.1, 0.15) is 6.61 Å². The highest BCUT2D eigenvalue weighted by molar-refractivity contribution is 5.90. The molecule has 0 bridgehead atoms. The van der Waals surface area contributed by atoms with Gasteiger partial charge in [0, 0.05) is 24.6 Å². The molecule has 1 saturated heterocycles. The number of ether oxygens (including phenoxy) is 1. The molecule has 3 rings (SSSR count). The average molecular weight is 313 g/mol. The van der Waals surface area contributed by atoms with Crippen molar-refractivity contribution in [1.82, 2.24) is 9.47 Å². The zero-order chi connectivity index (χ0) is 16.2. The summed E-state index contributed by atoms with van der Waals surface area (Å²) in [7, 11) is 0. The lowest BCUT2D eigenvalue weighted by atomic mass is 10.2. The Balaban J connectivity index is 1.65. The summed E-state index contributed by atoms with van der Waals surface area (Å²) in [4.78, 5) is 25.1. The molecule has 1 aromatic carbocycles. The molecule has 1 aliphatic heterocycles. The molecule has 0 saturated carbocycles. The van der Waals surface area contributed by atoms with E-state index in [0.29, 0.717) is 12.1 Å². The van der Waals surface area contributed by atoms with Gasteiger partial charge in [-0.15, -0.1) is 0 Å². The number of carbonyl (C=O) groups excluding carboxylic acids is 2. The van der Waals surface area contributed by atoms with E-state index in [9.17, 15) is 9.59 Å². The topological polar surface area (TPSA) is 77.6 Å². The van der Waals surface area contributed by atoms with Crippen LogP contribution < -0.4 is 5.73 Å². The van der Waals surface area contributed by atoms with Crippen molar-refractivity contribution in [1.29, 1.82) is 0 Å². The predicted octanol–water partition coefficient (Wildman–Crippen LogP) is 2.18. The van der Waals surface area contributed by atoms with E-state index >= 15 is 0 Å². The van der Waals surface area contributed by atoms with Crippen molar-refractivity contribution in [3.8, 4) is 5.69 Å². The number of urea groups is 1. The molecule has 1 aliphatic rings. The van der Waals surface area contributed by atoms with Crippen molar-refractivity contribution in [2.45, 2.75) is 18.9 Å². The van der Waals surface area contributed by atoms with Crippen LogP contribution in [-0.2, 0) is 4.74 Å². The van der Waals surface area contributed by atoms with Crippen molar-refractivity contribution < 1.29 is 14.3 Å². The fourth-order valence-electron chi connectivity index (χ4n) is 2.85. The first-order valence-corrected chi connectivity index (χ1v) is 7.62. The van der Waals surface area contributed by atoms with E-state index < -0.39 is 12.0 Å². The number of hydrogen-bond donors (Lipinski definition) is 1. The van der Waals surface area contributed by atoms with Gasteiger partial charge in [-0.05, 0) is 43.2 Å². The fourth-order valence-corrected chi connectivity index (χ4v) is 2.85. The van der Waals surface area contributed by atoms with Gasteiger partial charge in [-0.1, -0.05) is 6.07 Å². The molecule has 6 heteroatoms. The predicted molar refractivity (Wildman–Crippen MR) is 85.4 cm³/mol. The highest BCUT2D eigenvalue weighted by atomic mass is 16.5. The van der Waals surface area contributed by atoms with Crippen LogP contribution in [0, 0.1) is 0 Å². The molecule has 2 amide bonds. The molecular formula is C17H19N3O3. The van der Waals surface area contributed by atoms with E-state index in [2.05, 4.69) is 0 Å². The summed E-state index contributed by atoms with van der Waals surface area (Å²) in [5.74, 6) is -0.393. The second-order valence-electron chi connectivity index (χ2n) is 5.57. The fraction of sp³-hybridized carbons (Fsp3) is 0.294. The standard InChI is InChI=1S/C17H19N3O3/c18-17(22)20-10-4-7-15(20)12-23-16(21)13-5-3-6-14(11-13)19-8-1-2-9-19/h1-3,5-6,8-9,11,15H,4,7,10,12H2,(H2,18,22)/t15-/m1/s1. The monoisotopic (exact) mass is 313 g/mol. The molecule has 1 aromatic heterocycles. The number of benzene rings is 1. The van der Waals surface area contributed by atoms with E-state index in [4.69, 9.17) is 10.5 Å². The maximum atomic E-state index is 12.2. The van der Waals surface area contributed by atoms with Gasteiger partial charge in [-0.25, -0.2) is 9.59 Å². The number of carbonyl (C=O) groups is 2. The van der Waals surface area contributed by atoms with Gasteiger partial charge in [0.05, 0.1) is 11.6 Å². The van der Waals surface area contributed by atoms with E-state index in [1.807, 2.05) is 41.2 Å². The average Bonchev–Trinajstić information content (AvgIpc) is 3.24. The molecule has 0 unspecified atom stereocenters. The number of aromatic nitrogens is 1. The number of primary amides is 1. The first-order valence-electron chi connectivity index (χ1n) is 7.62. The molecule has 120 valence electrons. The Morgan fingerprint density at radius 1 is 1.22 bits per heavy atom. The summed E-state index contributed by atoms with van der Waals surface area (Å²) in [6.07, 6.45) is 5.51. The second kappa shape index (κ2) is 6.56. The normalized spacial score (nSPS) is 17.2. The van der Waals surface area contributed by atoms with Crippen molar-refractivity contribution in [3.63, 3.8) is 0 Å². The Bertz CT molecular complexity index is 697. The summed E-state index contributed by atoms with van der Waals surface area (Å²) < 4.78 is 7.29. The maximum Gasteiger partial charge on any atom is 0.338 e. The summed E-state index contributed by atoms with van der Waals surface area (Å²) in [6, 6.07) is 10.5. The van der Waals surface area contributed by atoms with Crippen molar-refractivity contribution in [3.05, 3.63) is 54.4 Å². The largest absolute Gasteiger partial charge is 0.460 e. The van der Waals surface area contributed by atoms with Gasteiger partial charge in [-0.2, -0.15) is 0 Å². The minimum absolute atomic E-state index is 0.121. The van der Waals surface area contributed by atoms with Crippen molar-refractivity contribution in [2.75, 3.05) is 13.2 Å². The number of amides is 2. The number of rotatable bonds is 4. The molecular weight excluding hydrogens is 294 g/mol. The van der Waals surface area contributed by atoms with Gasteiger partial charge < -0.3 is 19.9 Å². The van der Waals surface area contributed by atoms with Crippen LogP contribution in [0.15, 0.2) is 48.8 Å². The van der Waals surface area contributed by atoms with Crippen LogP contribution in [0.1, 0.15) is 23.2 Å². The molecule has 1 fully saturated rings. The molecule has 0 radical (unpaired) electrons. The van der Waals surface area contributed by atoms with Gasteiger partial charge >= 0.3 is 12.0 Å². The van der Waals surface area contributed by atoms with Crippen LogP contribution >= 0.6 is 0 Å². The lowest BCUT2D eigenvalue weighted by Crippen LogP contribution is -2.41. The van der Waals surface area contributed by atoms with Gasteiger partial charge in [0.2, 0.25) is 0 Å². The third kappa shape index (κ3) is 3.36. The molecule has 0 aliphatic carbocycles. The van der Waals surface area contributed by atoms with Crippen LogP contribution in [0.4, 0.5) is 4.79 Å². The minimum atomic E-state index is -0.460. The van der Waals surface area contributed by atoms with E-state index in [1.165, 1.54) is 0 Å². The molecule has 23 heavy (non-hydrogen) atoms. The minimum Gasteiger partial charge on any atom is -0.460 e. The second-order valence-corrected chi connectivity index (χ2v) is 5.57. The zero-order valence-corrected chi connectivity index (χ0v) is 12.7. The van der Waals surface area contributed by atoms with Crippen LogP contribution in [0.5, 0.6) is 0 Å². The van der Waals surface area contributed by atoms with E-state index in [0.717, 1.165) is 18.5 Å². The van der Waals surface area contributed by atoms with Crippen molar-refractivity contribution >= 4 is 12.0 Å². The first-order chi connectivity index (χ1) is 11.1. The number of esters is 1. The molecule has 2 heterocycles. The summed E-state index contributed by atoms with van der Waals surface area (Å²) >= 11 is 0. The van der Waals surface area contributed by atoms with E-state index in [1.54, 1.807) is 17.0 Å². The highest BCUT2D eigenvalue weighted by Gasteiger charge is 2.28. The van der Waals surface area contributed by atoms with Crippen LogP contribution in [0.25, 0.3) is 5.69 Å².